The van der Waals surface area contributed by atoms with Crippen LogP contribution in [0.2, 0.25) is 0 Å². The van der Waals surface area contributed by atoms with Crippen LogP contribution in [0.5, 0.6) is 0 Å². The van der Waals surface area contributed by atoms with Gasteiger partial charge in [0.15, 0.2) is 0 Å². The SMILES string of the molecule is COCC(O)CNS(=O)(=O)c1cc(N)cc(C)c1F. The fourth-order valence-electron chi connectivity index (χ4n) is 1.49. The van der Waals surface area contributed by atoms with E-state index in [2.05, 4.69) is 9.46 Å². The molecule has 1 rings (SSSR count). The van der Waals surface area contributed by atoms with Crippen LogP contribution in [0, 0.1) is 12.7 Å². The van der Waals surface area contributed by atoms with Gasteiger partial charge in [-0.15, -0.1) is 0 Å². The van der Waals surface area contributed by atoms with Gasteiger partial charge < -0.3 is 15.6 Å². The van der Waals surface area contributed by atoms with Crippen LogP contribution in [0.3, 0.4) is 0 Å². The van der Waals surface area contributed by atoms with Crippen LogP contribution >= 0.6 is 0 Å². The molecule has 0 heterocycles. The maximum atomic E-state index is 13.8. The lowest BCUT2D eigenvalue weighted by atomic mass is 10.2. The van der Waals surface area contributed by atoms with Gasteiger partial charge in [0, 0.05) is 19.3 Å². The second-order valence-corrected chi connectivity index (χ2v) is 5.85. The van der Waals surface area contributed by atoms with Crippen LogP contribution in [0.1, 0.15) is 5.56 Å². The molecule has 0 amide bonds. The molecule has 0 radical (unpaired) electrons. The van der Waals surface area contributed by atoms with E-state index in [1.54, 1.807) is 0 Å². The van der Waals surface area contributed by atoms with Crippen molar-refractivity contribution in [2.45, 2.75) is 17.9 Å². The molecule has 1 unspecified atom stereocenters. The monoisotopic (exact) mass is 292 g/mol. The molecule has 19 heavy (non-hydrogen) atoms. The van der Waals surface area contributed by atoms with E-state index in [0.29, 0.717) is 0 Å². The molecule has 0 aliphatic heterocycles. The summed E-state index contributed by atoms with van der Waals surface area (Å²) in [6, 6.07) is 2.38. The summed E-state index contributed by atoms with van der Waals surface area (Å²) in [5.74, 6) is -0.858. The zero-order valence-corrected chi connectivity index (χ0v) is 11.5. The highest BCUT2D eigenvalue weighted by molar-refractivity contribution is 7.89. The van der Waals surface area contributed by atoms with Crippen molar-refractivity contribution in [1.29, 1.82) is 0 Å². The van der Waals surface area contributed by atoms with Gasteiger partial charge in [-0.2, -0.15) is 0 Å². The third kappa shape index (κ3) is 4.13. The van der Waals surface area contributed by atoms with Crippen molar-refractivity contribution < 1.29 is 22.7 Å². The highest BCUT2D eigenvalue weighted by Gasteiger charge is 2.22. The molecule has 0 saturated carbocycles. The summed E-state index contributed by atoms with van der Waals surface area (Å²) in [4.78, 5) is -0.533. The average Bonchev–Trinajstić information content (AvgIpc) is 2.31. The first-order chi connectivity index (χ1) is 8.77. The second kappa shape index (κ2) is 6.29. The van der Waals surface area contributed by atoms with Crippen molar-refractivity contribution in [2.75, 3.05) is 26.0 Å². The number of nitrogens with two attached hydrogens (primary N) is 1. The van der Waals surface area contributed by atoms with E-state index >= 15 is 0 Å². The Hall–Kier alpha value is -1.22. The molecule has 0 saturated heterocycles. The van der Waals surface area contributed by atoms with E-state index in [4.69, 9.17) is 5.73 Å². The number of anilines is 1. The lowest BCUT2D eigenvalue weighted by molar-refractivity contribution is 0.0679. The standard InChI is InChI=1S/C11H17FN2O4S/c1-7-3-8(13)4-10(11(7)12)19(16,17)14-5-9(15)6-18-2/h3-4,9,14-15H,5-6,13H2,1-2H3. The number of ether oxygens (including phenoxy) is 1. The minimum atomic E-state index is -4.07. The Morgan fingerprint density at radius 3 is 2.74 bits per heavy atom. The number of hydrogen-bond donors (Lipinski definition) is 3. The van der Waals surface area contributed by atoms with E-state index in [0.717, 1.165) is 6.07 Å². The lowest BCUT2D eigenvalue weighted by Gasteiger charge is -2.13. The molecule has 108 valence electrons. The molecule has 1 atom stereocenters. The largest absolute Gasteiger partial charge is 0.399 e. The quantitative estimate of drug-likeness (QED) is 0.641. The number of rotatable bonds is 6. The first kappa shape index (κ1) is 15.8. The van der Waals surface area contributed by atoms with Gasteiger partial charge in [0.25, 0.3) is 0 Å². The molecule has 0 aliphatic carbocycles. The molecular formula is C11H17FN2O4S. The topological polar surface area (TPSA) is 102 Å². The van der Waals surface area contributed by atoms with Crippen LogP contribution in [0.15, 0.2) is 17.0 Å². The summed E-state index contributed by atoms with van der Waals surface area (Å²) in [5.41, 5.74) is 5.79. The Morgan fingerprint density at radius 2 is 2.16 bits per heavy atom. The van der Waals surface area contributed by atoms with Gasteiger partial charge in [0.2, 0.25) is 10.0 Å². The molecule has 1 aromatic rings. The highest BCUT2D eigenvalue weighted by Crippen LogP contribution is 2.21. The normalized spacial score (nSPS) is 13.5. The number of aliphatic hydroxyl groups excluding tert-OH is 1. The van der Waals surface area contributed by atoms with Crippen LogP contribution in [-0.4, -0.2) is 39.9 Å². The van der Waals surface area contributed by atoms with Crippen molar-refractivity contribution in [3.8, 4) is 0 Å². The third-order valence-electron chi connectivity index (χ3n) is 2.40. The molecule has 1 aromatic carbocycles. The number of methoxy groups -OCH3 is 1. The van der Waals surface area contributed by atoms with Crippen LogP contribution in [-0.2, 0) is 14.8 Å². The Kier molecular flexibility index (Phi) is 5.24. The summed E-state index contributed by atoms with van der Waals surface area (Å²) in [6.45, 7) is 1.12. The van der Waals surface area contributed by atoms with Gasteiger partial charge in [-0.3, -0.25) is 0 Å². The summed E-state index contributed by atoms with van der Waals surface area (Å²) in [5, 5.41) is 9.37. The average molecular weight is 292 g/mol. The van der Waals surface area contributed by atoms with Crippen LogP contribution in [0.25, 0.3) is 0 Å². The fourth-order valence-corrected chi connectivity index (χ4v) is 2.75. The molecule has 6 nitrogen and oxygen atoms in total. The molecule has 4 N–H and O–H groups in total. The molecule has 0 bridgehead atoms. The predicted octanol–water partition coefficient (Wildman–Crippen LogP) is 0.00192. The van der Waals surface area contributed by atoms with Gasteiger partial charge in [-0.05, 0) is 24.6 Å². The molecule has 0 fully saturated rings. The van der Waals surface area contributed by atoms with Gasteiger partial charge in [0.05, 0.1) is 12.7 Å². The minimum Gasteiger partial charge on any atom is -0.399 e. The number of nitrogen functional groups attached to an aromatic ring is 1. The number of sulfonamides is 1. The van der Waals surface area contributed by atoms with Crippen molar-refractivity contribution in [1.82, 2.24) is 4.72 Å². The van der Waals surface area contributed by atoms with E-state index < -0.39 is 26.8 Å². The van der Waals surface area contributed by atoms with Crippen molar-refractivity contribution in [2.24, 2.45) is 0 Å². The molecule has 0 aromatic heterocycles. The zero-order chi connectivity index (χ0) is 14.6. The van der Waals surface area contributed by atoms with Gasteiger partial charge in [-0.25, -0.2) is 17.5 Å². The lowest BCUT2D eigenvalue weighted by Crippen LogP contribution is -2.34. The number of aryl methyl sites for hydroxylation is 1. The van der Waals surface area contributed by atoms with Crippen LogP contribution in [0.4, 0.5) is 10.1 Å². The van der Waals surface area contributed by atoms with E-state index in [9.17, 15) is 17.9 Å². The molecule has 8 heteroatoms. The fraction of sp³-hybridized carbons (Fsp3) is 0.455. The maximum absolute atomic E-state index is 13.8. The van der Waals surface area contributed by atoms with E-state index in [1.807, 2.05) is 0 Å². The minimum absolute atomic E-state index is 0.0268. The predicted molar refractivity (Wildman–Crippen MR) is 68.6 cm³/mol. The second-order valence-electron chi connectivity index (χ2n) is 4.11. The Morgan fingerprint density at radius 1 is 1.53 bits per heavy atom. The summed E-state index contributed by atoms with van der Waals surface area (Å²) >= 11 is 0. The van der Waals surface area contributed by atoms with Gasteiger partial charge >= 0.3 is 0 Å². The Labute approximate surface area is 111 Å². The van der Waals surface area contributed by atoms with Crippen LogP contribution < -0.4 is 10.5 Å². The number of halogens is 1. The van der Waals surface area contributed by atoms with E-state index in [-0.39, 0.29) is 24.4 Å². The molecule has 0 aliphatic rings. The first-order valence-corrected chi connectivity index (χ1v) is 6.98. The smallest absolute Gasteiger partial charge is 0.243 e. The molecule has 0 spiro atoms. The first-order valence-electron chi connectivity index (χ1n) is 5.50. The Bertz CT molecular complexity index is 548. The number of hydrogen-bond acceptors (Lipinski definition) is 5. The van der Waals surface area contributed by atoms with Crippen molar-refractivity contribution >= 4 is 15.7 Å². The Balaban J connectivity index is 2.95. The van der Waals surface area contributed by atoms with E-state index in [1.165, 1.54) is 20.1 Å². The van der Waals surface area contributed by atoms with Crippen molar-refractivity contribution in [3.05, 3.63) is 23.5 Å². The van der Waals surface area contributed by atoms with Gasteiger partial charge in [-0.1, -0.05) is 0 Å². The third-order valence-corrected chi connectivity index (χ3v) is 3.82. The summed E-state index contributed by atoms with van der Waals surface area (Å²) < 4.78 is 44.4. The number of aliphatic hydroxyl groups is 1. The maximum Gasteiger partial charge on any atom is 0.243 e. The highest BCUT2D eigenvalue weighted by atomic mass is 32.2. The zero-order valence-electron chi connectivity index (χ0n) is 10.7. The summed E-state index contributed by atoms with van der Waals surface area (Å²) in [6.07, 6.45) is -1.01. The molecular weight excluding hydrogens is 275 g/mol. The van der Waals surface area contributed by atoms with Crippen molar-refractivity contribution in [3.63, 3.8) is 0 Å². The van der Waals surface area contributed by atoms with Gasteiger partial charge in [0.1, 0.15) is 10.7 Å². The number of benzene rings is 1. The summed E-state index contributed by atoms with van der Waals surface area (Å²) in [7, 11) is -2.70. The number of nitrogens with one attached hydrogen (secondary N) is 1.